The molecule has 0 radical (unpaired) electrons. The molecule has 0 saturated heterocycles. The predicted molar refractivity (Wildman–Crippen MR) is 68.0 cm³/mol. The molecule has 1 aromatic carbocycles. The van der Waals surface area contributed by atoms with Crippen LogP contribution in [0.25, 0.3) is 0 Å². The number of phenols is 1. The number of para-hydroxylation sites is 1. The average molecular weight is 261 g/mol. The van der Waals surface area contributed by atoms with Crippen molar-refractivity contribution in [3.05, 3.63) is 23.8 Å². The molecule has 1 aromatic rings. The van der Waals surface area contributed by atoms with Gasteiger partial charge in [-0.25, -0.2) is 0 Å². The monoisotopic (exact) mass is 261 g/mol. The van der Waals surface area contributed by atoms with E-state index in [-0.39, 0.29) is 11.7 Å². The highest BCUT2D eigenvalue weighted by molar-refractivity contribution is 6.01. The molecule has 19 heavy (non-hydrogen) atoms. The van der Waals surface area contributed by atoms with E-state index in [1.807, 2.05) is 6.07 Å². The summed E-state index contributed by atoms with van der Waals surface area (Å²) in [5.74, 6) is -1.97. The molecule has 1 heterocycles. The number of fused-ring (bicyclic) bond motifs is 1. The summed E-state index contributed by atoms with van der Waals surface area (Å²) >= 11 is 0. The molecule has 5 heteroatoms. The van der Waals surface area contributed by atoms with Crippen LogP contribution in [0.15, 0.2) is 18.2 Å². The van der Waals surface area contributed by atoms with Crippen LogP contribution in [-0.4, -0.2) is 28.6 Å². The molecule has 1 saturated carbocycles. The van der Waals surface area contributed by atoms with Crippen LogP contribution in [0.4, 0.5) is 5.69 Å². The molecule has 1 aliphatic carbocycles. The normalized spacial score (nSPS) is 24.7. The lowest BCUT2D eigenvalue weighted by Gasteiger charge is -2.30. The van der Waals surface area contributed by atoms with Gasteiger partial charge < -0.3 is 15.1 Å². The van der Waals surface area contributed by atoms with Crippen molar-refractivity contribution in [2.45, 2.75) is 19.3 Å². The summed E-state index contributed by atoms with van der Waals surface area (Å²) < 4.78 is 0. The highest BCUT2D eigenvalue weighted by Gasteiger charge is 2.50. The number of aliphatic carboxylic acids is 1. The largest absolute Gasteiger partial charge is 0.506 e. The summed E-state index contributed by atoms with van der Waals surface area (Å²) in [4.78, 5) is 24.8. The summed E-state index contributed by atoms with van der Waals surface area (Å²) in [6, 6.07) is 5.22. The van der Waals surface area contributed by atoms with E-state index < -0.39 is 17.8 Å². The molecule has 5 nitrogen and oxygen atoms in total. The van der Waals surface area contributed by atoms with E-state index in [0.717, 1.165) is 18.4 Å². The minimum Gasteiger partial charge on any atom is -0.506 e. The van der Waals surface area contributed by atoms with Gasteiger partial charge in [0.1, 0.15) is 5.75 Å². The van der Waals surface area contributed by atoms with E-state index in [1.165, 1.54) is 0 Å². The topological polar surface area (TPSA) is 77.8 Å². The van der Waals surface area contributed by atoms with E-state index in [0.29, 0.717) is 18.7 Å². The van der Waals surface area contributed by atoms with Crippen LogP contribution in [0.5, 0.6) is 5.75 Å². The van der Waals surface area contributed by atoms with Crippen molar-refractivity contribution in [3.63, 3.8) is 0 Å². The first-order valence-corrected chi connectivity index (χ1v) is 6.44. The number of benzene rings is 1. The lowest BCUT2D eigenvalue weighted by molar-refractivity contribution is -0.140. The Bertz CT molecular complexity index is 554. The molecule has 0 bridgehead atoms. The van der Waals surface area contributed by atoms with Crippen LogP contribution < -0.4 is 4.90 Å². The standard InChI is InChI=1S/C14H15NO4/c16-11-5-1-3-8-4-2-6-15(12(8)11)13(17)9-7-10(9)14(18)19/h1,3,5,9-10,16H,2,4,6-7H2,(H,18,19)/t9-,10-/m1/s1. The number of nitrogens with zero attached hydrogens (tertiary/aromatic N) is 1. The SMILES string of the molecule is O=C(O)[C@@H]1C[C@H]1C(=O)N1CCCc2cccc(O)c21. The predicted octanol–water partition coefficient (Wildman–Crippen LogP) is 1.39. The van der Waals surface area contributed by atoms with Gasteiger partial charge in [-0.05, 0) is 30.9 Å². The Kier molecular flexibility index (Phi) is 2.69. The molecule has 1 amide bonds. The summed E-state index contributed by atoms with van der Waals surface area (Å²) in [7, 11) is 0. The van der Waals surface area contributed by atoms with Crippen molar-refractivity contribution in [1.29, 1.82) is 0 Å². The van der Waals surface area contributed by atoms with Gasteiger partial charge in [0.2, 0.25) is 5.91 Å². The molecule has 100 valence electrons. The Labute approximate surface area is 110 Å². The number of anilines is 1. The fourth-order valence-electron chi connectivity index (χ4n) is 2.79. The third kappa shape index (κ3) is 1.95. The van der Waals surface area contributed by atoms with E-state index >= 15 is 0 Å². The average Bonchev–Trinajstić information content (AvgIpc) is 3.18. The summed E-state index contributed by atoms with van der Waals surface area (Å²) in [5, 5.41) is 18.8. The van der Waals surface area contributed by atoms with Crippen LogP contribution in [0.3, 0.4) is 0 Å². The van der Waals surface area contributed by atoms with E-state index in [9.17, 15) is 14.7 Å². The molecule has 2 atom stereocenters. The lowest BCUT2D eigenvalue weighted by Crippen LogP contribution is -2.37. The maximum Gasteiger partial charge on any atom is 0.307 e. The van der Waals surface area contributed by atoms with Gasteiger partial charge in [-0.15, -0.1) is 0 Å². The van der Waals surface area contributed by atoms with Crippen LogP contribution in [0.2, 0.25) is 0 Å². The first kappa shape index (κ1) is 12.0. The van der Waals surface area contributed by atoms with Crippen LogP contribution >= 0.6 is 0 Å². The molecular weight excluding hydrogens is 246 g/mol. The van der Waals surface area contributed by atoms with Crippen molar-refractivity contribution in [2.24, 2.45) is 11.8 Å². The van der Waals surface area contributed by atoms with Gasteiger partial charge in [-0.2, -0.15) is 0 Å². The molecular formula is C14H15NO4. The van der Waals surface area contributed by atoms with E-state index in [1.54, 1.807) is 17.0 Å². The lowest BCUT2D eigenvalue weighted by atomic mass is 10.0. The number of carbonyl (C=O) groups is 2. The molecule has 0 unspecified atom stereocenters. The molecule has 0 aromatic heterocycles. The summed E-state index contributed by atoms with van der Waals surface area (Å²) in [6.45, 7) is 0.548. The van der Waals surface area contributed by atoms with Crippen LogP contribution in [-0.2, 0) is 16.0 Å². The van der Waals surface area contributed by atoms with Gasteiger partial charge in [0.25, 0.3) is 0 Å². The molecule has 2 N–H and O–H groups in total. The maximum absolute atomic E-state index is 12.3. The smallest absolute Gasteiger partial charge is 0.307 e. The Morgan fingerprint density at radius 2 is 2.05 bits per heavy atom. The highest BCUT2D eigenvalue weighted by atomic mass is 16.4. The number of aromatic hydroxyl groups is 1. The third-order valence-corrected chi connectivity index (χ3v) is 3.89. The second-order valence-electron chi connectivity index (χ2n) is 5.17. The first-order chi connectivity index (χ1) is 9.09. The third-order valence-electron chi connectivity index (χ3n) is 3.89. The molecule has 1 aliphatic heterocycles. The zero-order valence-corrected chi connectivity index (χ0v) is 10.4. The van der Waals surface area contributed by atoms with Crippen LogP contribution in [0.1, 0.15) is 18.4 Å². The van der Waals surface area contributed by atoms with Crippen LogP contribution in [0, 0.1) is 11.8 Å². The molecule has 0 spiro atoms. The molecule has 1 fully saturated rings. The number of carboxylic acids is 1. The zero-order chi connectivity index (χ0) is 13.6. The number of rotatable bonds is 2. The fourth-order valence-corrected chi connectivity index (χ4v) is 2.79. The van der Waals surface area contributed by atoms with Crippen molar-refractivity contribution >= 4 is 17.6 Å². The van der Waals surface area contributed by atoms with Gasteiger partial charge in [0.05, 0.1) is 17.5 Å². The number of hydrogen-bond donors (Lipinski definition) is 2. The van der Waals surface area contributed by atoms with Crippen molar-refractivity contribution in [1.82, 2.24) is 0 Å². The Morgan fingerprint density at radius 1 is 1.26 bits per heavy atom. The second kappa shape index (κ2) is 4.26. The number of amides is 1. The van der Waals surface area contributed by atoms with E-state index in [2.05, 4.69) is 0 Å². The Balaban J connectivity index is 1.88. The van der Waals surface area contributed by atoms with Gasteiger partial charge in [0.15, 0.2) is 0 Å². The van der Waals surface area contributed by atoms with Gasteiger partial charge in [-0.3, -0.25) is 9.59 Å². The number of phenolic OH excluding ortho intramolecular Hbond substituents is 1. The fraction of sp³-hybridized carbons (Fsp3) is 0.429. The van der Waals surface area contributed by atoms with Crippen molar-refractivity contribution in [2.75, 3.05) is 11.4 Å². The van der Waals surface area contributed by atoms with Gasteiger partial charge in [0, 0.05) is 6.54 Å². The van der Waals surface area contributed by atoms with Crippen molar-refractivity contribution < 1.29 is 19.8 Å². The quantitative estimate of drug-likeness (QED) is 0.843. The first-order valence-electron chi connectivity index (χ1n) is 6.44. The van der Waals surface area contributed by atoms with Crippen molar-refractivity contribution in [3.8, 4) is 5.75 Å². The number of hydrogen-bond acceptors (Lipinski definition) is 3. The summed E-state index contributed by atoms with van der Waals surface area (Å²) in [5.41, 5.74) is 1.52. The minimum atomic E-state index is -0.909. The maximum atomic E-state index is 12.3. The van der Waals surface area contributed by atoms with Gasteiger partial charge >= 0.3 is 5.97 Å². The Morgan fingerprint density at radius 3 is 2.74 bits per heavy atom. The van der Waals surface area contributed by atoms with Gasteiger partial charge in [-0.1, -0.05) is 12.1 Å². The number of carbonyl (C=O) groups excluding carboxylic acids is 1. The summed E-state index contributed by atoms with van der Waals surface area (Å²) in [6.07, 6.45) is 2.08. The number of carboxylic acid groups (broad SMARTS) is 1. The number of aryl methyl sites for hydroxylation is 1. The minimum absolute atomic E-state index is 0.0954. The zero-order valence-electron chi connectivity index (χ0n) is 10.4. The Hall–Kier alpha value is -2.04. The second-order valence-corrected chi connectivity index (χ2v) is 5.17. The molecule has 3 rings (SSSR count). The van der Waals surface area contributed by atoms with E-state index in [4.69, 9.17) is 5.11 Å². The molecule has 2 aliphatic rings. The highest BCUT2D eigenvalue weighted by Crippen LogP contribution is 2.43.